The molecule has 166 valence electrons. The summed E-state index contributed by atoms with van der Waals surface area (Å²) in [6, 6.07) is 7.02. The van der Waals surface area contributed by atoms with Gasteiger partial charge in [-0.2, -0.15) is 5.26 Å². The number of benzene rings is 1. The van der Waals surface area contributed by atoms with Crippen molar-refractivity contribution in [1.82, 2.24) is 20.4 Å². The number of amides is 2. The Balaban J connectivity index is 1.59. The summed E-state index contributed by atoms with van der Waals surface area (Å²) in [5, 5.41) is 15.4. The fourth-order valence-corrected chi connectivity index (χ4v) is 4.04. The van der Waals surface area contributed by atoms with Crippen LogP contribution in [0.1, 0.15) is 37.7 Å². The van der Waals surface area contributed by atoms with Gasteiger partial charge in [0, 0.05) is 31.2 Å². The minimum absolute atomic E-state index is 0.0125. The lowest BCUT2D eigenvalue weighted by Gasteiger charge is -2.27. The van der Waals surface area contributed by atoms with Gasteiger partial charge in [-0.15, -0.1) is 0 Å². The third-order valence-corrected chi connectivity index (χ3v) is 5.89. The van der Waals surface area contributed by atoms with Gasteiger partial charge in [-0.05, 0) is 56.2 Å². The number of rotatable bonds is 6. The summed E-state index contributed by atoms with van der Waals surface area (Å²) >= 11 is 5.91. The van der Waals surface area contributed by atoms with E-state index in [0.29, 0.717) is 31.0 Å². The average molecular weight is 445 g/mol. The van der Waals surface area contributed by atoms with Crippen LogP contribution in [0.2, 0.25) is 5.02 Å². The van der Waals surface area contributed by atoms with E-state index in [0.717, 1.165) is 44.3 Å². The number of likely N-dealkylation sites (tertiary alicyclic amines) is 2. The van der Waals surface area contributed by atoms with Crippen LogP contribution in [-0.4, -0.2) is 66.3 Å². The first-order valence-corrected chi connectivity index (χ1v) is 11.2. The first-order chi connectivity index (χ1) is 15.1. The monoisotopic (exact) mass is 444 g/mol. The van der Waals surface area contributed by atoms with Crippen LogP contribution in [0.25, 0.3) is 0 Å². The predicted molar refractivity (Wildman–Crippen MR) is 119 cm³/mol. The SMILES string of the molecule is N#CNC(=NCCc1ccc(Cl)cc1)NC1CCCCN(CC(=O)N2CCCC2)C1=O. The topological polar surface area (TPSA) is 101 Å². The molecule has 2 N–H and O–H groups in total. The Labute approximate surface area is 188 Å². The molecule has 2 amide bonds. The molecule has 1 unspecified atom stereocenters. The molecule has 9 heteroatoms. The molecule has 0 bridgehead atoms. The van der Waals surface area contributed by atoms with Gasteiger partial charge in [0.25, 0.3) is 0 Å². The number of nitrogens with one attached hydrogen (secondary N) is 2. The van der Waals surface area contributed by atoms with Crippen molar-refractivity contribution in [2.45, 2.75) is 44.6 Å². The van der Waals surface area contributed by atoms with E-state index in [2.05, 4.69) is 15.6 Å². The van der Waals surface area contributed by atoms with E-state index in [9.17, 15) is 9.59 Å². The Morgan fingerprint density at radius 1 is 1.16 bits per heavy atom. The Morgan fingerprint density at radius 3 is 2.58 bits per heavy atom. The van der Waals surface area contributed by atoms with E-state index in [1.165, 1.54) is 0 Å². The Kier molecular flexibility index (Phi) is 8.53. The van der Waals surface area contributed by atoms with Crippen LogP contribution >= 0.6 is 11.6 Å². The lowest BCUT2D eigenvalue weighted by molar-refractivity contribution is -0.140. The van der Waals surface area contributed by atoms with Crippen LogP contribution in [-0.2, 0) is 16.0 Å². The maximum Gasteiger partial charge on any atom is 0.245 e. The highest BCUT2D eigenvalue weighted by atomic mass is 35.5. The number of carbonyl (C=O) groups excluding carboxylic acids is 2. The highest BCUT2D eigenvalue weighted by Gasteiger charge is 2.30. The molecule has 0 spiro atoms. The summed E-state index contributed by atoms with van der Waals surface area (Å²) in [5.41, 5.74) is 1.08. The standard InChI is InChI=1S/C22H29ClN6O2/c23-18-8-6-17(7-9-18)10-11-25-22(26-16-24)27-19-5-1-2-14-29(21(19)31)15-20(30)28-12-3-4-13-28/h6-9,19H,1-5,10-15H2,(H2,25,26,27). The molecule has 0 aromatic heterocycles. The summed E-state index contributed by atoms with van der Waals surface area (Å²) in [7, 11) is 0. The van der Waals surface area contributed by atoms with Crippen molar-refractivity contribution in [2.24, 2.45) is 4.99 Å². The summed E-state index contributed by atoms with van der Waals surface area (Å²) in [6.45, 7) is 2.70. The predicted octanol–water partition coefficient (Wildman–Crippen LogP) is 1.90. The molecule has 8 nitrogen and oxygen atoms in total. The Hall–Kier alpha value is -2.79. The normalized spacial score (nSPS) is 19.7. The van der Waals surface area contributed by atoms with Gasteiger partial charge < -0.3 is 15.1 Å². The fraction of sp³-hybridized carbons (Fsp3) is 0.545. The van der Waals surface area contributed by atoms with Crippen LogP contribution in [0.3, 0.4) is 0 Å². The summed E-state index contributed by atoms with van der Waals surface area (Å²) in [4.78, 5) is 33.5. The second-order valence-electron chi connectivity index (χ2n) is 7.88. The molecule has 0 saturated carbocycles. The van der Waals surface area contributed by atoms with Crippen LogP contribution in [0, 0.1) is 11.5 Å². The van der Waals surface area contributed by atoms with Gasteiger partial charge in [0.15, 0.2) is 6.19 Å². The molecule has 0 aliphatic carbocycles. The maximum atomic E-state index is 13.1. The highest BCUT2D eigenvalue weighted by molar-refractivity contribution is 6.30. The van der Waals surface area contributed by atoms with Crippen molar-refractivity contribution < 1.29 is 9.59 Å². The number of carbonyl (C=O) groups is 2. The van der Waals surface area contributed by atoms with Gasteiger partial charge in [-0.1, -0.05) is 23.7 Å². The van der Waals surface area contributed by atoms with E-state index in [4.69, 9.17) is 16.9 Å². The molecule has 3 rings (SSSR count). The zero-order valence-corrected chi connectivity index (χ0v) is 18.4. The molecular formula is C22H29ClN6O2. The number of halogens is 1. The van der Waals surface area contributed by atoms with E-state index < -0.39 is 6.04 Å². The number of aliphatic imine (C=N–C) groups is 1. The number of nitriles is 1. The minimum atomic E-state index is -0.510. The highest BCUT2D eigenvalue weighted by Crippen LogP contribution is 2.14. The summed E-state index contributed by atoms with van der Waals surface area (Å²) < 4.78 is 0. The molecule has 31 heavy (non-hydrogen) atoms. The number of guanidine groups is 1. The van der Waals surface area contributed by atoms with Gasteiger partial charge >= 0.3 is 0 Å². The van der Waals surface area contributed by atoms with Crippen molar-refractivity contribution in [2.75, 3.05) is 32.7 Å². The van der Waals surface area contributed by atoms with Crippen LogP contribution in [0.15, 0.2) is 29.3 Å². The largest absolute Gasteiger partial charge is 0.344 e. The maximum absolute atomic E-state index is 13.1. The van der Waals surface area contributed by atoms with Crippen molar-refractivity contribution in [3.8, 4) is 6.19 Å². The summed E-state index contributed by atoms with van der Waals surface area (Å²) in [5.74, 6) is 0.177. The van der Waals surface area contributed by atoms with Crippen LogP contribution in [0.5, 0.6) is 0 Å². The lowest BCUT2D eigenvalue weighted by Crippen LogP contribution is -2.52. The smallest absolute Gasteiger partial charge is 0.245 e. The first kappa shape index (κ1) is 22.9. The molecule has 2 saturated heterocycles. The van der Waals surface area contributed by atoms with E-state index in [1.807, 2.05) is 35.4 Å². The number of hydrogen-bond donors (Lipinski definition) is 2. The van der Waals surface area contributed by atoms with Gasteiger partial charge in [-0.25, -0.2) is 0 Å². The van der Waals surface area contributed by atoms with Crippen molar-refractivity contribution >= 4 is 29.4 Å². The molecule has 0 radical (unpaired) electrons. The molecule has 1 aromatic rings. The Bertz CT molecular complexity index is 829. The van der Waals surface area contributed by atoms with Crippen molar-refractivity contribution in [3.05, 3.63) is 34.9 Å². The molecule has 2 heterocycles. The van der Waals surface area contributed by atoms with Crippen molar-refractivity contribution in [1.29, 1.82) is 5.26 Å². The fourth-order valence-electron chi connectivity index (χ4n) is 3.91. The minimum Gasteiger partial charge on any atom is -0.344 e. The molecule has 2 fully saturated rings. The molecule has 2 aliphatic rings. The van der Waals surface area contributed by atoms with Gasteiger partial charge in [0.05, 0.1) is 6.54 Å². The third-order valence-electron chi connectivity index (χ3n) is 5.63. The average Bonchev–Trinajstić information content (AvgIpc) is 3.25. The Morgan fingerprint density at radius 2 is 1.87 bits per heavy atom. The van der Waals surface area contributed by atoms with Gasteiger partial charge in [0.1, 0.15) is 6.04 Å². The zero-order chi connectivity index (χ0) is 22.1. The zero-order valence-electron chi connectivity index (χ0n) is 17.6. The second-order valence-corrected chi connectivity index (χ2v) is 8.32. The molecular weight excluding hydrogens is 416 g/mol. The van der Waals surface area contributed by atoms with E-state index in [1.54, 1.807) is 4.90 Å². The second kappa shape index (κ2) is 11.6. The van der Waals surface area contributed by atoms with Gasteiger partial charge in [0.2, 0.25) is 17.8 Å². The van der Waals surface area contributed by atoms with Crippen molar-refractivity contribution in [3.63, 3.8) is 0 Å². The number of nitrogens with zero attached hydrogens (tertiary/aromatic N) is 4. The quantitative estimate of drug-likeness (QED) is 0.302. The summed E-state index contributed by atoms with van der Waals surface area (Å²) in [6.07, 6.45) is 6.97. The molecule has 2 aliphatic heterocycles. The third kappa shape index (κ3) is 6.86. The van der Waals surface area contributed by atoms with E-state index >= 15 is 0 Å². The van der Waals surface area contributed by atoms with Crippen LogP contribution < -0.4 is 10.6 Å². The molecule has 1 atom stereocenters. The van der Waals surface area contributed by atoms with Gasteiger partial charge in [-0.3, -0.25) is 19.9 Å². The van der Waals surface area contributed by atoms with E-state index in [-0.39, 0.29) is 24.3 Å². The molecule has 1 aromatic carbocycles. The van der Waals surface area contributed by atoms with Crippen LogP contribution in [0.4, 0.5) is 0 Å². The number of hydrogen-bond acceptors (Lipinski definition) is 4. The first-order valence-electron chi connectivity index (χ1n) is 10.8. The lowest BCUT2D eigenvalue weighted by atomic mass is 10.1.